The molecule has 1 aromatic heterocycles. The van der Waals surface area contributed by atoms with Crippen LogP contribution in [0.15, 0.2) is 188 Å². The first kappa shape index (κ1) is 43.5. The van der Waals surface area contributed by atoms with E-state index < -0.39 is 26.6 Å². The molecule has 0 bridgehead atoms. The SMILES string of the molecule is Cl.Cl.O=P(c1ccccc1)(c1ccccc1)C(P(=O)(c1ccccc1)c1ccccc1)P(=O)(c1ccccc1)c1ccccc1.[Zr].[c-]1c[pH]pp1. The van der Waals surface area contributed by atoms with Crippen molar-refractivity contribution >= 4 is 101 Å². The maximum Gasteiger partial charge on any atom is 0.161 e. The largest absolute Gasteiger partial charge is 0.430 e. The van der Waals surface area contributed by atoms with Crippen molar-refractivity contribution in [1.29, 1.82) is 0 Å². The molecule has 51 heavy (non-hydrogen) atoms. The van der Waals surface area contributed by atoms with Crippen molar-refractivity contribution in [3.05, 3.63) is 194 Å². The summed E-state index contributed by atoms with van der Waals surface area (Å²) in [4.78, 5) is 0. The van der Waals surface area contributed by atoms with Crippen LogP contribution in [0.3, 0.4) is 0 Å². The van der Waals surface area contributed by atoms with Crippen LogP contribution < -0.4 is 31.8 Å². The van der Waals surface area contributed by atoms with E-state index in [0.717, 1.165) is 7.87 Å². The number of hydrogen-bond acceptors (Lipinski definition) is 3. The summed E-state index contributed by atoms with van der Waals surface area (Å²) in [7, 11) is -7.97. The van der Waals surface area contributed by atoms with Crippen LogP contribution in [-0.2, 0) is 39.9 Å². The molecule has 0 saturated carbocycles. The Balaban J connectivity index is 0.000000809. The van der Waals surface area contributed by atoms with Gasteiger partial charge in [-0.25, -0.2) is 5.80 Å². The van der Waals surface area contributed by atoms with Gasteiger partial charge in [0.1, 0.15) is 5.14 Å². The van der Waals surface area contributed by atoms with Crippen LogP contribution >= 0.6 is 69.5 Å². The van der Waals surface area contributed by atoms with Crippen LogP contribution in [0, 0.1) is 5.80 Å². The van der Waals surface area contributed by atoms with Gasteiger partial charge in [0, 0.05) is 58.0 Å². The molecule has 258 valence electrons. The van der Waals surface area contributed by atoms with Crippen LogP contribution in [0.1, 0.15) is 0 Å². The van der Waals surface area contributed by atoms with Crippen LogP contribution in [0.2, 0.25) is 0 Å². The van der Waals surface area contributed by atoms with Gasteiger partial charge >= 0.3 is 0 Å². The van der Waals surface area contributed by atoms with Gasteiger partial charge in [0.25, 0.3) is 0 Å². The summed E-state index contributed by atoms with van der Waals surface area (Å²) in [5.41, 5.74) is 0. The fraction of sp³-hybridized carbons (Fsp3) is 0.0256. The minimum atomic E-state index is -3.97. The van der Waals surface area contributed by atoms with Crippen molar-refractivity contribution in [3.8, 4) is 0 Å². The normalized spacial score (nSPS) is 11.5. The minimum absolute atomic E-state index is 0. The van der Waals surface area contributed by atoms with E-state index >= 15 is 13.7 Å². The average molecular weight is 900 g/mol. The topological polar surface area (TPSA) is 51.2 Å². The number of hydrogen-bond donors (Lipinski definition) is 0. The molecule has 6 aromatic carbocycles. The molecule has 0 aliphatic carbocycles. The first-order valence-electron chi connectivity index (χ1n) is 15.4. The molecule has 7 rings (SSSR count). The number of rotatable bonds is 9. The molecule has 0 amide bonds. The average Bonchev–Trinajstić information content (AvgIpc) is 3.78. The molecule has 12 heteroatoms. The first-order chi connectivity index (χ1) is 23.5. The molecule has 0 radical (unpaired) electrons. The molecular formula is C39H35Cl2O3P6Zr-. The van der Waals surface area contributed by atoms with Gasteiger partial charge in [0.15, 0.2) is 21.4 Å². The van der Waals surface area contributed by atoms with Gasteiger partial charge in [0.2, 0.25) is 0 Å². The molecule has 0 N–H and O–H groups in total. The predicted molar refractivity (Wildman–Crippen MR) is 227 cm³/mol. The molecule has 3 nitrogen and oxygen atoms in total. The maximum absolute atomic E-state index is 16.6. The van der Waals surface area contributed by atoms with Crippen LogP contribution in [-0.4, -0.2) is 5.14 Å². The Bertz CT molecular complexity index is 1790. The van der Waals surface area contributed by atoms with Gasteiger partial charge in [-0.3, -0.25) is 7.87 Å². The zero-order valence-corrected chi connectivity index (χ0v) is 36.8. The van der Waals surface area contributed by atoms with Crippen molar-refractivity contribution < 1.29 is 39.9 Å². The van der Waals surface area contributed by atoms with E-state index in [4.69, 9.17) is 0 Å². The third-order valence-electron chi connectivity index (χ3n) is 8.11. The smallest absolute Gasteiger partial charge is 0.161 e. The zero-order valence-electron chi connectivity index (χ0n) is 27.3. The van der Waals surface area contributed by atoms with E-state index in [2.05, 4.69) is 11.6 Å². The van der Waals surface area contributed by atoms with Gasteiger partial charge in [-0.05, 0) is 0 Å². The Labute approximate surface area is 337 Å². The molecule has 0 fully saturated rings. The summed E-state index contributed by atoms with van der Waals surface area (Å²) >= 11 is 0. The third kappa shape index (κ3) is 9.26. The summed E-state index contributed by atoms with van der Waals surface area (Å²) < 4.78 is 49.7. The molecule has 7 aromatic rings. The Morgan fingerprint density at radius 2 is 0.627 bits per heavy atom. The second-order valence-electron chi connectivity index (χ2n) is 10.9. The van der Waals surface area contributed by atoms with Gasteiger partial charge in [-0.15, -0.1) is 32.7 Å². The molecule has 0 aliphatic rings. The quantitative estimate of drug-likeness (QED) is 0.107. The molecule has 0 spiro atoms. The standard InChI is InChI=1S/C37H31O3P3.C2H2P3.2ClH.Zr/c38-41(31-19-7-1-8-20-31,32-21-9-2-10-22-32)37(42(39,33-23-11-3-12-24-33)34-25-13-4-14-26-34)43(40,35-27-15-5-16-28-35)36-29-17-6-18-30-36;1-2-4-5-3-1;;;/h1-30,37H;1,3H;2*1H;/q;-1;;;. The van der Waals surface area contributed by atoms with Gasteiger partial charge in [0.05, 0.1) is 0 Å². The van der Waals surface area contributed by atoms with Crippen LogP contribution in [0.25, 0.3) is 0 Å². The molecule has 1 atom stereocenters. The van der Waals surface area contributed by atoms with Gasteiger partial charge < -0.3 is 19.5 Å². The Kier molecular flexibility index (Phi) is 17.5. The number of benzene rings is 6. The van der Waals surface area contributed by atoms with E-state index in [0.29, 0.717) is 31.8 Å². The van der Waals surface area contributed by atoms with Crippen molar-refractivity contribution in [1.82, 2.24) is 0 Å². The predicted octanol–water partition coefficient (Wildman–Crippen LogP) is 10.8. The molecular weight excluding hydrogens is 864 g/mol. The fourth-order valence-electron chi connectivity index (χ4n) is 5.98. The van der Waals surface area contributed by atoms with E-state index in [1.165, 1.54) is 15.4 Å². The molecule has 0 aliphatic heterocycles. The summed E-state index contributed by atoms with van der Waals surface area (Å²) in [6.07, 6.45) is 0. The van der Waals surface area contributed by atoms with Crippen molar-refractivity contribution in [2.24, 2.45) is 0 Å². The first-order valence-corrected chi connectivity index (χ1v) is 25.1. The van der Waals surface area contributed by atoms with Gasteiger partial charge in [-0.1, -0.05) is 190 Å². The second-order valence-corrected chi connectivity index (χ2v) is 25.7. The molecule has 1 heterocycles. The van der Waals surface area contributed by atoms with E-state index in [-0.39, 0.29) is 51.0 Å². The monoisotopic (exact) mass is 897 g/mol. The van der Waals surface area contributed by atoms with Crippen molar-refractivity contribution in [3.63, 3.8) is 0 Å². The molecule has 1 unspecified atom stereocenters. The molecule has 0 saturated heterocycles. The number of halogens is 2. The summed E-state index contributed by atoms with van der Waals surface area (Å²) in [5.74, 6) is 5.18. The summed E-state index contributed by atoms with van der Waals surface area (Å²) in [6.45, 7) is 0. The summed E-state index contributed by atoms with van der Waals surface area (Å²) in [5, 5.41) is 1.80. The Hall–Kier alpha value is -1.89. The Morgan fingerprint density at radius 3 is 0.765 bits per heavy atom. The van der Waals surface area contributed by atoms with Gasteiger partial charge in [-0.2, -0.15) is 0 Å². The van der Waals surface area contributed by atoms with E-state index in [1.54, 1.807) is 0 Å². The zero-order chi connectivity index (χ0) is 33.3. The van der Waals surface area contributed by atoms with Crippen LogP contribution in [0.5, 0.6) is 0 Å². The second kappa shape index (κ2) is 20.5. The maximum atomic E-state index is 16.6. The van der Waals surface area contributed by atoms with E-state index in [1.807, 2.05) is 182 Å². The summed E-state index contributed by atoms with van der Waals surface area (Å²) in [6, 6.07) is 55.2. The van der Waals surface area contributed by atoms with Crippen molar-refractivity contribution in [2.45, 2.75) is 5.14 Å². The third-order valence-corrected chi connectivity index (χ3v) is 26.6. The Morgan fingerprint density at radius 1 is 0.412 bits per heavy atom. The van der Waals surface area contributed by atoms with E-state index in [9.17, 15) is 0 Å². The minimum Gasteiger partial charge on any atom is -0.430 e. The van der Waals surface area contributed by atoms with Crippen LogP contribution in [0.4, 0.5) is 0 Å². The fourth-order valence-corrected chi connectivity index (χ4v) is 26.2. The van der Waals surface area contributed by atoms with Crippen molar-refractivity contribution in [2.75, 3.05) is 0 Å².